The average Bonchev–Trinajstić information content (AvgIpc) is 2.15. The van der Waals surface area contributed by atoms with E-state index in [9.17, 15) is 4.79 Å². The van der Waals surface area contributed by atoms with Crippen molar-refractivity contribution >= 4 is 5.91 Å². The first kappa shape index (κ1) is 14.4. The van der Waals surface area contributed by atoms with E-state index in [0.717, 1.165) is 19.6 Å². The maximum Gasteiger partial charge on any atom is 0.233 e. The summed E-state index contributed by atoms with van der Waals surface area (Å²) < 4.78 is 5.04. The van der Waals surface area contributed by atoms with Crippen LogP contribution in [0.1, 0.15) is 27.2 Å². The van der Waals surface area contributed by atoms with Crippen LogP contribution in [0, 0.1) is 5.41 Å². The highest BCUT2D eigenvalue weighted by Crippen LogP contribution is 2.18. The van der Waals surface area contributed by atoms with Crippen LogP contribution < -0.4 is 10.6 Å². The molecule has 4 nitrogen and oxygen atoms in total. The lowest BCUT2D eigenvalue weighted by Gasteiger charge is -2.24. The van der Waals surface area contributed by atoms with Crippen LogP contribution in [-0.2, 0) is 9.53 Å². The van der Waals surface area contributed by atoms with E-state index in [1.807, 2.05) is 6.92 Å². The quantitative estimate of drug-likeness (QED) is 0.630. The first-order valence-corrected chi connectivity index (χ1v) is 5.48. The molecule has 2 N–H and O–H groups in total. The molecule has 0 aromatic heterocycles. The van der Waals surface area contributed by atoms with E-state index in [4.69, 9.17) is 4.74 Å². The van der Waals surface area contributed by atoms with Crippen LogP contribution in [0.25, 0.3) is 0 Å². The zero-order valence-corrected chi connectivity index (χ0v) is 10.4. The normalized spacial score (nSPS) is 11.5. The second kappa shape index (κ2) is 7.65. The maximum atomic E-state index is 11.1. The van der Waals surface area contributed by atoms with Gasteiger partial charge in [0, 0.05) is 26.8 Å². The van der Waals surface area contributed by atoms with Crippen LogP contribution in [0.2, 0.25) is 0 Å². The first-order valence-electron chi connectivity index (χ1n) is 5.48. The van der Waals surface area contributed by atoms with Gasteiger partial charge in [0.1, 0.15) is 0 Å². The molecule has 0 aromatic carbocycles. The minimum absolute atomic E-state index is 0.0556. The van der Waals surface area contributed by atoms with E-state index in [1.54, 1.807) is 7.11 Å². The Morgan fingerprint density at radius 3 is 2.60 bits per heavy atom. The van der Waals surface area contributed by atoms with Crippen LogP contribution in [0.3, 0.4) is 0 Å². The minimum Gasteiger partial charge on any atom is -0.385 e. The van der Waals surface area contributed by atoms with Gasteiger partial charge in [-0.2, -0.15) is 0 Å². The number of carbonyl (C=O) groups excluding carboxylic acids is 1. The van der Waals surface area contributed by atoms with Crippen molar-refractivity contribution in [2.24, 2.45) is 5.41 Å². The van der Waals surface area contributed by atoms with Gasteiger partial charge in [-0.1, -0.05) is 13.8 Å². The molecule has 0 aliphatic rings. The molecule has 0 heterocycles. The lowest BCUT2D eigenvalue weighted by atomic mass is 9.90. The van der Waals surface area contributed by atoms with Gasteiger partial charge >= 0.3 is 0 Å². The summed E-state index contributed by atoms with van der Waals surface area (Å²) in [7, 11) is 1.71. The molecule has 0 aromatic rings. The van der Waals surface area contributed by atoms with Crippen LogP contribution in [-0.4, -0.2) is 39.3 Å². The highest BCUT2D eigenvalue weighted by atomic mass is 16.5. The van der Waals surface area contributed by atoms with Gasteiger partial charge in [-0.25, -0.2) is 0 Å². The maximum absolute atomic E-state index is 11.1. The second-order valence-electron chi connectivity index (χ2n) is 4.46. The summed E-state index contributed by atoms with van der Waals surface area (Å²) in [5.74, 6) is 0.0556. The van der Waals surface area contributed by atoms with Gasteiger partial charge in [-0.05, 0) is 18.8 Å². The van der Waals surface area contributed by atoms with Crippen molar-refractivity contribution in [2.75, 3.05) is 33.4 Å². The molecular weight excluding hydrogens is 192 g/mol. The molecule has 0 unspecified atom stereocenters. The Hall–Kier alpha value is -0.610. The Labute approximate surface area is 92.8 Å². The van der Waals surface area contributed by atoms with Crippen LogP contribution in [0.15, 0.2) is 0 Å². The van der Waals surface area contributed by atoms with Gasteiger partial charge in [0.15, 0.2) is 0 Å². The predicted molar refractivity (Wildman–Crippen MR) is 61.8 cm³/mol. The molecule has 0 aliphatic carbocycles. The SMILES string of the molecule is CCNC(=O)CNCC(C)(C)CCOC. The zero-order valence-electron chi connectivity index (χ0n) is 10.4. The van der Waals surface area contributed by atoms with Crippen molar-refractivity contribution in [1.82, 2.24) is 10.6 Å². The number of likely N-dealkylation sites (N-methyl/N-ethyl adjacent to an activating group) is 1. The van der Waals surface area contributed by atoms with E-state index < -0.39 is 0 Å². The van der Waals surface area contributed by atoms with Gasteiger partial charge in [-0.3, -0.25) is 4.79 Å². The zero-order chi connectivity index (χ0) is 11.7. The minimum atomic E-state index is 0.0556. The molecule has 0 rings (SSSR count). The van der Waals surface area contributed by atoms with E-state index in [1.165, 1.54) is 0 Å². The molecule has 0 saturated heterocycles. The van der Waals surface area contributed by atoms with Crippen LogP contribution in [0.5, 0.6) is 0 Å². The smallest absolute Gasteiger partial charge is 0.233 e. The number of hydrogen-bond acceptors (Lipinski definition) is 3. The molecular formula is C11H24N2O2. The summed E-state index contributed by atoms with van der Waals surface area (Å²) in [5.41, 5.74) is 0.169. The molecule has 0 spiro atoms. The summed E-state index contributed by atoms with van der Waals surface area (Å²) in [6.07, 6.45) is 0.992. The number of hydrogen-bond donors (Lipinski definition) is 2. The Morgan fingerprint density at radius 1 is 1.40 bits per heavy atom. The van der Waals surface area contributed by atoms with Gasteiger partial charge < -0.3 is 15.4 Å². The summed E-state index contributed by atoms with van der Waals surface area (Å²) in [6.45, 7) is 8.91. The van der Waals surface area contributed by atoms with Crippen molar-refractivity contribution in [2.45, 2.75) is 27.2 Å². The summed E-state index contributed by atoms with van der Waals surface area (Å²) in [6, 6.07) is 0. The van der Waals surface area contributed by atoms with Gasteiger partial charge in [0.25, 0.3) is 0 Å². The van der Waals surface area contributed by atoms with Gasteiger partial charge in [0.05, 0.1) is 6.54 Å². The summed E-state index contributed by atoms with van der Waals surface area (Å²) >= 11 is 0. The highest BCUT2D eigenvalue weighted by Gasteiger charge is 2.17. The first-order chi connectivity index (χ1) is 7.02. The fourth-order valence-electron chi connectivity index (χ4n) is 1.24. The Morgan fingerprint density at radius 2 is 2.07 bits per heavy atom. The number of carbonyl (C=O) groups is 1. The standard InChI is InChI=1S/C11H24N2O2/c1-5-13-10(14)8-12-9-11(2,3)6-7-15-4/h12H,5-9H2,1-4H3,(H,13,14). The highest BCUT2D eigenvalue weighted by molar-refractivity contribution is 5.77. The van der Waals surface area contributed by atoms with E-state index in [-0.39, 0.29) is 11.3 Å². The average molecular weight is 216 g/mol. The van der Waals surface area contributed by atoms with Crippen LogP contribution >= 0.6 is 0 Å². The molecule has 0 aliphatic heterocycles. The van der Waals surface area contributed by atoms with Crippen molar-refractivity contribution < 1.29 is 9.53 Å². The molecule has 0 radical (unpaired) electrons. The number of amides is 1. The Bertz CT molecular complexity index is 181. The summed E-state index contributed by atoms with van der Waals surface area (Å²) in [5, 5.41) is 5.90. The van der Waals surface area contributed by atoms with Gasteiger partial charge in [-0.15, -0.1) is 0 Å². The summed E-state index contributed by atoms with van der Waals surface area (Å²) in [4.78, 5) is 11.1. The molecule has 0 bridgehead atoms. The molecule has 90 valence electrons. The monoisotopic (exact) mass is 216 g/mol. The fraction of sp³-hybridized carbons (Fsp3) is 0.909. The van der Waals surface area contributed by atoms with Crippen molar-refractivity contribution in [3.63, 3.8) is 0 Å². The third kappa shape index (κ3) is 8.39. The number of nitrogens with one attached hydrogen (secondary N) is 2. The number of methoxy groups -OCH3 is 1. The van der Waals surface area contributed by atoms with Gasteiger partial charge in [0.2, 0.25) is 5.91 Å². The molecule has 1 amide bonds. The molecule has 0 saturated carbocycles. The molecule has 0 atom stereocenters. The van der Waals surface area contributed by atoms with Crippen molar-refractivity contribution in [3.8, 4) is 0 Å². The van der Waals surface area contributed by atoms with E-state index in [2.05, 4.69) is 24.5 Å². The number of rotatable bonds is 8. The Kier molecular flexibility index (Phi) is 7.34. The largest absolute Gasteiger partial charge is 0.385 e. The fourth-order valence-corrected chi connectivity index (χ4v) is 1.24. The topological polar surface area (TPSA) is 50.4 Å². The lowest BCUT2D eigenvalue weighted by molar-refractivity contribution is -0.120. The predicted octanol–water partition coefficient (Wildman–Crippen LogP) is 0.775. The third-order valence-corrected chi connectivity index (χ3v) is 2.25. The molecule has 4 heteroatoms. The van der Waals surface area contributed by atoms with Crippen molar-refractivity contribution in [3.05, 3.63) is 0 Å². The number of ether oxygens (including phenoxy) is 1. The molecule has 0 fully saturated rings. The van der Waals surface area contributed by atoms with Crippen LogP contribution in [0.4, 0.5) is 0 Å². The van der Waals surface area contributed by atoms with E-state index in [0.29, 0.717) is 13.1 Å². The third-order valence-electron chi connectivity index (χ3n) is 2.25. The molecule has 15 heavy (non-hydrogen) atoms. The van der Waals surface area contributed by atoms with Crippen molar-refractivity contribution in [1.29, 1.82) is 0 Å². The van der Waals surface area contributed by atoms with E-state index >= 15 is 0 Å². The second-order valence-corrected chi connectivity index (χ2v) is 4.46. The lowest BCUT2D eigenvalue weighted by Crippen LogP contribution is -2.38. The Balaban J connectivity index is 3.60.